The molecule has 1 aliphatic heterocycles. The predicted molar refractivity (Wildman–Crippen MR) is 116 cm³/mol. The maximum Gasteiger partial charge on any atom is 0.266 e. The Bertz CT molecular complexity index is 1090. The van der Waals surface area contributed by atoms with Crippen molar-refractivity contribution in [1.29, 1.82) is 0 Å². The minimum Gasteiger partial charge on any atom is -0.343 e. The Labute approximate surface area is 176 Å². The summed E-state index contributed by atoms with van der Waals surface area (Å²) in [6, 6.07) is 12.2. The lowest BCUT2D eigenvalue weighted by Gasteiger charge is -2.17. The highest BCUT2D eigenvalue weighted by Gasteiger charge is 2.36. The predicted octanol–water partition coefficient (Wildman–Crippen LogP) is 4.06. The number of hydrogen-bond acceptors (Lipinski definition) is 6. The second kappa shape index (κ2) is 7.96. The van der Waals surface area contributed by atoms with E-state index < -0.39 is 0 Å². The molecular weight excluding hydrogens is 406 g/mol. The first-order chi connectivity index (χ1) is 14.0. The zero-order valence-electron chi connectivity index (χ0n) is 16.0. The van der Waals surface area contributed by atoms with E-state index in [4.69, 9.17) is 0 Å². The molecule has 6 nitrogen and oxygen atoms in total. The number of benzene rings is 2. The first-order valence-electron chi connectivity index (χ1n) is 9.32. The van der Waals surface area contributed by atoms with E-state index in [2.05, 4.69) is 4.98 Å². The number of hydrogen-bond donors (Lipinski definition) is 0. The van der Waals surface area contributed by atoms with Crippen LogP contribution in [-0.4, -0.2) is 46.4 Å². The molecule has 0 bridgehead atoms. The van der Waals surface area contributed by atoms with Crippen LogP contribution in [0.5, 0.6) is 0 Å². The summed E-state index contributed by atoms with van der Waals surface area (Å²) in [6.45, 7) is 5.31. The van der Waals surface area contributed by atoms with Crippen molar-refractivity contribution in [3.8, 4) is 0 Å². The Hall–Kier alpha value is -2.71. The van der Waals surface area contributed by atoms with Gasteiger partial charge in [0.05, 0.1) is 32.8 Å². The number of carbonyl (C=O) groups excluding carboxylic acids is 3. The molecule has 0 spiro atoms. The molecule has 4 rings (SSSR count). The number of aromatic nitrogens is 1. The summed E-state index contributed by atoms with van der Waals surface area (Å²) in [5.74, 6) is -0.194. The SMILES string of the molecule is CCN(CC)C(=O)CSc1nc2ccc(N3C(=O)c4ccccc4C3=O)cc2s1. The molecule has 8 heteroatoms. The van der Waals surface area contributed by atoms with Gasteiger partial charge in [-0.05, 0) is 44.2 Å². The molecular formula is C21H19N3O3S2. The Kier molecular flexibility index (Phi) is 5.38. The van der Waals surface area contributed by atoms with Gasteiger partial charge in [0.15, 0.2) is 4.34 Å². The molecule has 0 saturated heterocycles. The van der Waals surface area contributed by atoms with Crippen molar-refractivity contribution >= 4 is 56.7 Å². The fourth-order valence-corrected chi connectivity index (χ4v) is 5.31. The molecule has 0 N–H and O–H groups in total. The quantitative estimate of drug-likeness (QED) is 0.440. The molecule has 3 amide bonds. The van der Waals surface area contributed by atoms with Crippen LogP contribution in [0.3, 0.4) is 0 Å². The molecule has 29 heavy (non-hydrogen) atoms. The van der Waals surface area contributed by atoms with Gasteiger partial charge < -0.3 is 4.90 Å². The second-order valence-corrected chi connectivity index (χ2v) is 8.73. The number of anilines is 1. The van der Waals surface area contributed by atoms with Crippen molar-refractivity contribution in [2.75, 3.05) is 23.7 Å². The third-order valence-corrected chi connectivity index (χ3v) is 6.99. The zero-order valence-corrected chi connectivity index (χ0v) is 17.7. The van der Waals surface area contributed by atoms with Crippen LogP contribution in [-0.2, 0) is 4.79 Å². The van der Waals surface area contributed by atoms with Crippen LogP contribution >= 0.6 is 23.1 Å². The highest BCUT2D eigenvalue weighted by atomic mass is 32.2. The molecule has 2 aromatic carbocycles. The topological polar surface area (TPSA) is 70.6 Å². The van der Waals surface area contributed by atoms with Gasteiger partial charge in [-0.25, -0.2) is 9.88 Å². The highest BCUT2D eigenvalue weighted by molar-refractivity contribution is 8.01. The Morgan fingerprint density at radius 1 is 1.07 bits per heavy atom. The van der Waals surface area contributed by atoms with E-state index in [1.165, 1.54) is 28.0 Å². The first-order valence-corrected chi connectivity index (χ1v) is 11.1. The van der Waals surface area contributed by atoms with Gasteiger partial charge in [0, 0.05) is 13.1 Å². The highest BCUT2D eigenvalue weighted by Crippen LogP contribution is 2.34. The lowest BCUT2D eigenvalue weighted by Crippen LogP contribution is -2.31. The van der Waals surface area contributed by atoms with Crippen LogP contribution in [0.1, 0.15) is 34.6 Å². The minimum absolute atomic E-state index is 0.0889. The number of thioether (sulfide) groups is 1. The van der Waals surface area contributed by atoms with Crippen LogP contribution in [0.15, 0.2) is 46.8 Å². The van der Waals surface area contributed by atoms with Gasteiger partial charge >= 0.3 is 0 Å². The standard InChI is InChI=1S/C21H19N3O3S2/c1-3-23(4-2)18(25)12-28-21-22-16-10-9-13(11-17(16)29-21)24-19(26)14-7-5-6-8-15(14)20(24)27/h5-11H,3-4,12H2,1-2H3. The van der Waals surface area contributed by atoms with Gasteiger partial charge in [-0.3, -0.25) is 14.4 Å². The molecule has 1 aliphatic rings. The fourth-order valence-electron chi connectivity index (χ4n) is 3.31. The first kappa shape index (κ1) is 19.6. The Morgan fingerprint density at radius 2 is 1.72 bits per heavy atom. The van der Waals surface area contributed by atoms with Crippen LogP contribution in [0.2, 0.25) is 0 Å². The van der Waals surface area contributed by atoms with Gasteiger partial charge in [0.1, 0.15) is 0 Å². The molecule has 0 saturated carbocycles. The van der Waals surface area contributed by atoms with Gasteiger partial charge in [0.2, 0.25) is 5.91 Å². The Morgan fingerprint density at radius 3 is 2.34 bits per heavy atom. The average molecular weight is 426 g/mol. The lowest BCUT2D eigenvalue weighted by molar-refractivity contribution is -0.127. The number of carbonyl (C=O) groups is 3. The van der Waals surface area contributed by atoms with E-state index in [9.17, 15) is 14.4 Å². The normalized spacial score (nSPS) is 13.2. The van der Waals surface area contributed by atoms with Crippen molar-refractivity contribution in [3.05, 3.63) is 53.6 Å². The van der Waals surface area contributed by atoms with E-state index in [0.717, 1.165) is 14.6 Å². The summed E-state index contributed by atoms with van der Waals surface area (Å²) in [5.41, 5.74) is 2.16. The van der Waals surface area contributed by atoms with Crippen LogP contribution < -0.4 is 4.90 Å². The third kappa shape index (κ3) is 3.54. The van der Waals surface area contributed by atoms with E-state index in [1.807, 2.05) is 19.9 Å². The third-order valence-electron chi connectivity index (χ3n) is 4.84. The summed E-state index contributed by atoms with van der Waals surface area (Å²) < 4.78 is 1.66. The largest absolute Gasteiger partial charge is 0.343 e. The van der Waals surface area contributed by atoms with Crippen molar-refractivity contribution in [3.63, 3.8) is 0 Å². The number of thiazole rings is 1. The summed E-state index contributed by atoms with van der Waals surface area (Å²) in [4.78, 5) is 45.2. The molecule has 0 atom stereocenters. The Balaban J connectivity index is 1.56. The van der Waals surface area contributed by atoms with Crippen molar-refractivity contribution in [2.24, 2.45) is 0 Å². The maximum atomic E-state index is 12.7. The van der Waals surface area contributed by atoms with Crippen LogP contribution in [0.4, 0.5) is 5.69 Å². The summed E-state index contributed by atoms with van der Waals surface area (Å²) in [7, 11) is 0. The molecule has 0 radical (unpaired) electrons. The number of amides is 3. The molecule has 0 unspecified atom stereocenters. The van der Waals surface area contributed by atoms with E-state index in [1.54, 1.807) is 41.3 Å². The van der Waals surface area contributed by atoms with E-state index >= 15 is 0 Å². The molecule has 0 aliphatic carbocycles. The molecule has 2 heterocycles. The lowest BCUT2D eigenvalue weighted by atomic mass is 10.1. The van der Waals surface area contributed by atoms with Crippen molar-refractivity contribution < 1.29 is 14.4 Å². The minimum atomic E-state index is -0.311. The molecule has 3 aromatic rings. The molecule has 0 fully saturated rings. The van der Waals surface area contributed by atoms with Gasteiger partial charge in [0.25, 0.3) is 11.8 Å². The van der Waals surface area contributed by atoms with Gasteiger partial charge in [-0.15, -0.1) is 11.3 Å². The smallest absolute Gasteiger partial charge is 0.266 e. The molecule has 1 aromatic heterocycles. The maximum absolute atomic E-state index is 12.7. The van der Waals surface area contributed by atoms with E-state index in [-0.39, 0.29) is 17.7 Å². The van der Waals surface area contributed by atoms with Crippen LogP contribution in [0.25, 0.3) is 10.2 Å². The summed E-state index contributed by atoms with van der Waals surface area (Å²) in [6.07, 6.45) is 0. The number of imide groups is 1. The zero-order chi connectivity index (χ0) is 20.5. The number of nitrogens with zero attached hydrogens (tertiary/aromatic N) is 3. The van der Waals surface area contributed by atoms with Crippen molar-refractivity contribution in [2.45, 2.75) is 18.2 Å². The average Bonchev–Trinajstić information content (AvgIpc) is 3.25. The number of rotatable bonds is 6. The monoisotopic (exact) mass is 425 g/mol. The van der Waals surface area contributed by atoms with Gasteiger partial charge in [-0.2, -0.15) is 0 Å². The second-order valence-electron chi connectivity index (χ2n) is 6.48. The summed E-state index contributed by atoms with van der Waals surface area (Å²) in [5, 5.41) is 0. The fraction of sp³-hybridized carbons (Fsp3) is 0.238. The van der Waals surface area contributed by atoms with Crippen molar-refractivity contribution in [1.82, 2.24) is 9.88 Å². The summed E-state index contributed by atoms with van der Waals surface area (Å²) >= 11 is 2.87. The van der Waals surface area contributed by atoms with E-state index in [0.29, 0.717) is 35.7 Å². The number of fused-ring (bicyclic) bond motifs is 2. The van der Waals surface area contributed by atoms with Crippen LogP contribution in [0, 0.1) is 0 Å². The molecule has 148 valence electrons. The van der Waals surface area contributed by atoms with Gasteiger partial charge in [-0.1, -0.05) is 23.9 Å².